The normalized spacial score (nSPS) is 14.4. The fourth-order valence-corrected chi connectivity index (χ4v) is 6.66. The molecule has 0 aromatic carbocycles. The van der Waals surface area contributed by atoms with Gasteiger partial charge in [0.05, 0.1) is 34.4 Å². The van der Waals surface area contributed by atoms with E-state index in [1.165, 1.54) is 77.0 Å². The molecule has 0 bridgehead atoms. The number of hydrogen-bond donors (Lipinski definition) is 0. The predicted molar refractivity (Wildman–Crippen MR) is 245 cm³/mol. The summed E-state index contributed by atoms with van der Waals surface area (Å²) >= 11 is 0. The Labute approximate surface area is 357 Å². The first-order valence-corrected chi connectivity index (χ1v) is 24.6. The second kappa shape index (κ2) is 41.7. The summed E-state index contributed by atoms with van der Waals surface area (Å²) in [5.74, 6) is -0.346. The number of allylic oxidation sites excluding steroid dienone is 12. The van der Waals surface area contributed by atoms with Gasteiger partial charge >= 0.3 is 5.97 Å². The molecule has 0 aliphatic heterocycles. The molecule has 0 N–H and O–H groups in total. The summed E-state index contributed by atoms with van der Waals surface area (Å²) in [6.45, 7) is 5.21. The molecule has 0 saturated heterocycles. The van der Waals surface area contributed by atoms with Crippen molar-refractivity contribution >= 4 is 13.8 Å². The van der Waals surface area contributed by atoms with Crippen LogP contribution in [0.5, 0.6) is 0 Å². The molecular formula is C49H88NO7P. The Morgan fingerprint density at radius 1 is 0.552 bits per heavy atom. The third-order valence-corrected chi connectivity index (χ3v) is 10.4. The van der Waals surface area contributed by atoms with Crippen molar-refractivity contribution in [1.29, 1.82) is 0 Å². The first-order valence-electron chi connectivity index (χ1n) is 23.2. The van der Waals surface area contributed by atoms with Crippen molar-refractivity contribution in [3.63, 3.8) is 0 Å². The largest absolute Gasteiger partial charge is 0.756 e. The molecule has 0 radical (unpaired) electrons. The van der Waals surface area contributed by atoms with Crippen molar-refractivity contribution in [3.05, 3.63) is 72.9 Å². The van der Waals surface area contributed by atoms with E-state index in [0.717, 1.165) is 77.0 Å². The highest BCUT2D eigenvalue weighted by Gasteiger charge is 2.20. The van der Waals surface area contributed by atoms with Crippen LogP contribution in [-0.4, -0.2) is 70.7 Å². The van der Waals surface area contributed by atoms with Gasteiger partial charge in [0, 0.05) is 13.0 Å². The van der Waals surface area contributed by atoms with Gasteiger partial charge in [0.25, 0.3) is 7.82 Å². The number of unbranched alkanes of at least 4 members (excludes halogenated alkanes) is 16. The first kappa shape index (κ1) is 55.9. The molecule has 0 spiro atoms. The summed E-state index contributed by atoms with van der Waals surface area (Å²) in [6, 6.07) is 0. The summed E-state index contributed by atoms with van der Waals surface area (Å²) in [4.78, 5) is 25.1. The number of rotatable bonds is 42. The average molecular weight is 834 g/mol. The number of nitrogens with zero attached hydrogens (tertiary/aromatic N) is 1. The van der Waals surface area contributed by atoms with E-state index in [0.29, 0.717) is 24.1 Å². The standard InChI is InChI=1S/C49H88NO7P/c1-6-8-10-12-14-16-18-19-20-21-22-23-24-25-26-27-28-29-30-31-32-34-36-38-40-42-49(51)57-48(47-56-58(52,53)55-45-43-50(3,4)5)46-54-44-41-39-37-35-33-17-15-13-11-9-7-2/h8,10-11,13-14,16,19-20,22-23,25-26,48H,6-7,9,12,15,17-18,21,24,27-47H2,1-5H3/b10-8-,13-11-,16-14-,20-19-,23-22-,26-25-. The number of ether oxygens (including phenoxy) is 2. The molecule has 0 aromatic rings. The number of phosphoric acid groups is 1. The Bertz CT molecular complexity index is 1150. The molecule has 9 heteroatoms. The van der Waals surface area contributed by atoms with E-state index >= 15 is 0 Å². The van der Waals surface area contributed by atoms with Crippen LogP contribution >= 0.6 is 7.82 Å². The molecular weight excluding hydrogens is 746 g/mol. The topological polar surface area (TPSA) is 94.1 Å². The zero-order chi connectivity index (χ0) is 42.7. The minimum absolute atomic E-state index is 0.0204. The molecule has 0 heterocycles. The number of carbonyl (C=O) groups is 1. The number of likely N-dealkylation sites (N-methyl/N-ethyl adjacent to an activating group) is 1. The van der Waals surface area contributed by atoms with Crippen molar-refractivity contribution in [2.75, 3.05) is 54.1 Å². The average Bonchev–Trinajstić information content (AvgIpc) is 3.18. The van der Waals surface area contributed by atoms with E-state index in [2.05, 4.69) is 86.8 Å². The van der Waals surface area contributed by atoms with Gasteiger partial charge < -0.3 is 27.9 Å². The van der Waals surface area contributed by atoms with E-state index < -0.39 is 13.9 Å². The summed E-state index contributed by atoms with van der Waals surface area (Å²) < 4.78 is 34.6. The van der Waals surface area contributed by atoms with E-state index in [1.54, 1.807) is 0 Å². The van der Waals surface area contributed by atoms with Crippen molar-refractivity contribution in [2.24, 2.45) is 0 Å². The van der Waals surface area contributed by atoms with E-state index in [-0.39, 0.29) is 25.8 Å². The maximum Gasteiger partial charge on any atom is 0.306 e. The number of hydrogen-bond acceptors (Lipinski definition) is 7. The van der Waals surface area contributed by atoms with Crippen LogP contribution in [0.4, 0.5) is 0 Å². The smallest absolute Gasteiger partial charge is 0.306 e. The fraction of sp³-hybridized carbons (Fsp3) is 0.735. The number of carbonyl (C=O) groups excluding carboxylic acids is 1. The maximum atomic E-state index is 12.7. The van der Waals surface area contributed by atoms with E-state index in [1.807, 2.05) is 21.1 Å². The molecule has 58 heavy (non-hydrogen) atoms. The van der Waals surface area contributed by atoms with Crippen molar-refractivity contribution in [1.82, 2.24) is 0 Å². The second-order valence-corrected chi connectivity index (χ2v) is 17.8. The highest BCUT2D eigenvalue weighted by atomic mass is 31.2. The van der Waals surface area contributed by atoms with Gasteiger partial charge in [-0.15, -0.1) is 0 Å². The third kappa shape index (κ3) is 45.0. The molecule has 8 nitrogen and oxygen atoms in total. The van der Waals surface area contributed by atoms with Crippen LogP contribution in [0.3, 0.4) is 0 Å². The quantitative estimate of drug-likeness (QED) is 0.0199. The molecule has 2 unspecified atom stereocenters. The lowest BCUT2D eigenvalue weighted by molar-refractivity contribution is -0.870. The molecule has 0 aliphatic carbocycles. The third-order valence-electron chi connectivity index (χ3n) is 9.47. The van der Waals surface area contributed by atoms with Crippen molar-refractivity contribution in [2.45, 2.75) is 180 Å². The molecule has 0 aromatic heterocycles. The van der Waals surface area contributed by atoms with Gasteiger partial charge in [0.15, 0.2) is 0 Å². The number of phosphoric ester groups is 1. The zero-order valence-electron chi connectivity index (χ0n) is 38.0. The van der Waals surface area contributed by atoms with Gasteiger partial charge in [-0.25, -0.2) is 0 Å². The second-order valence-electron chi connectivity index (χ2n) is 16.4. The lowest BCUT2D eigenvalue weighted by Gasteiger charge is -2.28. The molecule has 2 atom stereocenters. The highest BCUT2D eigenvalue weighted by Crippen LogP contribution is 2.38. The Balaban J connectivity index is 4.14. The minimum atomic E-state index is -4.53. The summed E-state index contributed by atoms with van der Waals surface area (Å²) in [6.07, 6.45) is 53.5. The van der Waals surface area contributed by atoms with Crippen LogP contribution in [0.15, 0.2) is 72.9 Å². The van der Waals surface area contributed by atoms with Gasteiger partial charge in [0.2, 0.25) is 0 Å². The Kier molecular flexibility index (Phi) is 40.2. The van der Waals surface area contributed by atoms with E-state index in [4.69, 9.17) is 18.5 Å². The predicted octanol–water partition coefficient (Wildman–Crippen LogP) is 13.3. The van der Waals surface area contributed by atoms with Crippen LogP contribution in [0.2, 0.25) is 0 Å². The highest BCUT2D eigenvalue weighted by molar-refractivity contribution is 7.45. The van der Waals surface area contributed by atoms with Gasteiger partial charge in [-0.05, 0) is 77.0 Å². The molecule has 0 saturated carbocycles. The number of esters is 1. The molecule has 0 aliphatic rings. The molecule has 0 fully saturated rings. The Morgan fingerprint density at radius 3 is 1.52 bits per heavy atom. The number of quaternary nitrogens is 1. The first-order chi connectivity index (χ1) is 28.1. The SMILES string of the molecule is CC/C=C\C/C=C\C/C=C\C/C=C\C/C=C\CCCCCCCCCCCC(=O)OC(COCCCCCCCC/C=C\CCC)COP(=O)([O-])OCC[N+](C)(C)C. The van der Waals surface area contributed by atoms with E-state index in [9.17, 15) is 14.3 Å². The fourth-order valence-electron chi connectivity index (χ4n) is 5.93. The summed E-state index contributed by atoms with van der Waals surface area (Å²) in [7, 11) is 1.34. The van der Waals surface area contributed by atoms with Gasteiger partial charge in [-0.1, -0.05) is 164 Å². The Hall–Kier alpha value is -2.06. The lowest BCUT2D eigenvalue weighted by atomic mass is 10.1. The van der Waals surface area contributed by atoms with Gasteiger partial charge in [-0.2, -0.15) is 0 Å². The lowest BCUT2D eigenvalue weighted by Crippen LogP contribution is -2.37. The summed E-state index contributed by atoms with van der Waals surface area (Å²) in [5.41, 5.74) is 0. The molecule has 0 amide bonds. The molecule has 336 valence electrons. The van der Waals surface area contributed by atoms with Crippen LogP contribution in [0, 0.1) is 0 Å². The monoisotopic (exact) mass is 834 g/mol. The van der Waals surface area contributed by atoms with Gasteiger partial charge in [-0.3, -0.25) is 9.36 Å². The maximum absolute atomic E-state index is 12.7. The van der Waals surface area contributed by atoms with Crippen LogP contribution in [0.25, 0.3) is 0 Å². The van der Waals surface area contributed by atoms with Gasteiger partial charge in [0.1, 0.15) is 19.3 Å². The Morgan fingerprint density at radius 2 is 1.00 bits per heavy atom. The van der Waals surface area contributed by atoms with Crippen molar-refractivity contribution in [3.8, 4) is 0 Å². The van der Waals surface area contributed by atoms with Crippen LogP contribution in [-0.2, 0) is 27.9 Å². The minimum Gasteiger partial charge on any atom is -0.756 e. The van der Waals surface area contributed by atoms with Crippen molar-refractivity contribution < 1.29 is 37.3 Å². The summed E-state index contributed by atoms with van der Waals surface area (Å²) in [5, 5.41) is 0. The van der Waals surface area contributed by atoms with Crippen LogP contribution in [0.1, 0.15) is 174 Å². The molecule has 0 rings (SSSR count). The van der Waals surface area contributed by atoms with Crippen LogP contribution < -0.4 is 4.89 Å². The zero-order valence-corrected chi connectivity index (χ0v) is 38.9.